The number of hydrogen-bond donors (Lipinski definition) is 1. The van der Waals surface area contributed by atoms with Gasteiger partial charge in [-0.3, -0.25) is 0 Å². The third-order valence-corrected chi connectivity index (χ3v) is 5.80. The molecule has 4 saturated carbocycles. The molecule has 1 aromatic rings. The van der Waals surface area contributed by atoms with Crippen molar-refractivity contribution in [2.75, 3.05) is 5.73 Å². The molecule has 1 aromatic heterocycles. The Morgan fingerprint density at radius 2 is 1.74 bits per heavy atom. The van der Waals surface area contributed by atoms with Crippen LogP contribution in [-0.4, -0.2) is 9.97 Å². The highest BCUT2D eigenvalue weighted by atomic mass is 15.0. The molecule has 0 spiro atoms. The average Bonchev–Trinajstić information content (AvgIpc) is 2.37. The first-order valence-electron chi connectivity index (χ1n) is 7.80. The van der Waals surface area contributed by atoms with Gasteiger partial charge in [0, 0.05) is 11.6 Å². The average molecular weight is 257 g/mol. The van der Waals surface area contributed by atoms with Gasteiger partial charge in [-0.05, 0) is 68.3 Å². The highest BCUT2D eigenvalue weighted by Crippen LogP contribution is 2.60. The van der Waals surface area contributed by atoms with E-state index >= 15 is 0 Å². The zero-order valence-corrected chi connectivity index (χ0v) is 11.7. The Kier molecular flexibility index (Phi) is 2.42. The van der Waals surface area contributed by atoms with Crippen molar-refractivity contribution in [2.24, 2.45) is 17.8 Å². The quantitative estimate of drug-likeness (QED) is 0.885. The highest BCUT2D eigenvalue weighted by Gasteiger charge is 2.52. The number of hydrogen-bond acceptors (Lipinski definition) is 3. The first kappa shape index (κ1) is 11.7. The summed E-state index contributed by atoms with van der Waals surface area (Å²) < 4.78 is 0. The molecule has 0 unspecified atom stereocenters. The van der Waals surface area contributed by atoms with Crippen molar-refractivity contribution < 1.29 is 0 Å². The van der Waals surface area contributed by atoms with Crippen molar-refractivity contribution in [3.05, 3.63) is 17.5 Å². The lowest BCUT2D eigenvalue weighted by molar-refractivity contribution is -0.00760. The summed E-state index contributed by atoms with van der Waals surface area (Å²) in [5.74, 6) is 3.31. The van der Waals surface area contributed by atoms with E-state index in [1.165, 1.54) is 49.8 Å². The van der Waals surface area contributed by atoms with Gasteiger partial charge in [-0.15, -0.1) is 0 Å². The number of nitrogens with two attached hydrogens (primary N) is 1. The Balaban J connectivity index is 1.81. The van der Waals surface area contributed by atoms with E-state index in [1.54, 1.807) is 0 Å². The summed E-state index contributed by atoms with van der Waals surface area (Å²) in [4.78, 5) is 8.91. The van der Waals surface area contributed by atoms with Crippen LogP contribution in [0.5, 0.6) is 0 Å². The molecule has 0 radical (unpaired) electrons. The SMILES string of the molecule is CCc1cnc(N)nc1C12CC3CC(CC(C3)C1)C2. The predicted molar refractivity (Wildman–Crippen MR) is 75.7 cm³/mol. The second-order valence-electron chi connectivity index (χ2n) is 7.15. The van der Waals surface area contributed by atoms with E-state index in [9.17, 15) is 0 Å². The summed E-state index contributed by atoms with van der Waals surface area (Å²) in [6, 6.07) is 0. The summed E-state index contributed by atoms with van der Waals surface area (Å²) in [5, 5.41) is 0. The summed E-state index contributed by atoms with van der Waals surface area (Å²) in [6.07, 6.45) is 11.5. The Morgan fingerprint density at radius 1 is 1.16 bits per heavy atom. The van der Waals surface area contributed by atoms with E-state index in [-0.39, 0.29) is 0 Å². The minimum absolute atomic E-state index is 0.344. The molecule has 2 N–H and O–H groups in total. The number of nitrogens with zero attached hydrogens (tertiary/aromatic N) is 2. The smallest absolute Gasteiger partial charge is 0.220 e. The third kappa shape index (κ3) is 1.70. The van der Waals surface area contributed by atoms with Crippen LogP contribution in [0.15, 0.2) is 6.20 Å². The van der Waals surface area contributed by atoms with E-state index in [1.807, 2.05) is 6.20 Å². The van der Waals surface area contributed by atoms with Crippen LogP contribution in [0.2, 0.25) is 0 Å². The van der Waals surface area contributed by atoms with Crippen LogP contribution < -0.4 is 5.73 Å². The van der Waals surface area contributed by atoms with E-state index in [2.05, 4.69) is 11.9 Å². The van der Waals surface area contributed by atoms with Gasteiger partial charge in [0.1, 0.15) is 0 Å². The van der Waals surface area contributed by atoms with Gasteiger partial charge in [-0.1, -0.05) is 6.92 Å². The second-order valence-corrected chi connectivity index (χ2v) is 7.15. The number of rotatable bonds is 2. The number of nitrogen functional groups attached to an aromatic ring is 1. The molecule has 19 heavy (non-hydrogen) atoms. The number of anilines is 1. The van der Waals surface area contributed by atoms with E-state index < -0.39 is 0 Å². The molecule has 4 bridgehead atoms. The first-order valence-corrected chi connectivity index (χ1v) is 7.80. The van der Waals surface area contributed by atoms with Gasteiger partial charge in [0.25, 0.3) is 0 Å². The molecule has 4 aliphatic carbocycles. The van der Waals surface area contributed by atoms with Crippen LogP contribution in [0, 0.1) is 17.8 Å². The lowest BCUT2D eigenvalue weighted by atomic mass is 9.48. The van der Waals surface area contributed by atoms with Crippen LogP contribution >= 0.6 is 0 Å². The van der Waals surface area contributed by atoms with Crippen molar-refractivity contribution in [1.82, 2.24) is 9.97 Å². The van der Waals surface area contributed by atoms with E-state index in [4.69, 9.17) is 10.7 Å². The molecule has 0 aromatic carbocycles. The molecule has 5 rings (SSSR count). The van der Waals surface area contributed by atoms with Crippen molar-refractivity contribution in [2.45, 2.75) is 57.3 Å². The summed E-state index contributed by atoms with van der Waals surface area (Å²) >= 11 is 0. The van der Waals surface area contributed by atoms with Gasteiger partial charge in [-0.2, -0.15) is 0 Å². The molecule has 0 aliphatic heterocycles. The Labute approximate surface area is 115 Å². The fraction of sp³-hybridized carbons (Fsp3) is 0.750. The maximum Gasteiger partial charge on any atom is 0.220 e. The third-order valence-electron chi connectivity index (χ3n) is 5.80. The zero-order valence-electron chi connectivity index (χ0n) is 11.7. The minimum atomic E-state index is 0.344. The molecule has 0 atom stereocenters. The van der Waals surface area contributed by atoms with Crippen molar-refractivity contribution in [3.8, 4) is 0 Å². The van der Waals surface area contributed by atoms with E-state index in [0.717, 1.165) is 24.2 Å². The number of aromatic nitrogens is 2. The minimum Gasteiger partial charge on any atom is -0.368 e. The van der Waals surface area contributed by atoms with Gasteiger partial charge in [0.2, 0.25) is 5.95 Å². The molecule has 4 aliphatic rings. The maximum absolute atomic E-state index is 5.88. The maximum atomic E-state index is 5.88. The van der Waals surface area contributed by atoms with Crippen molar-refractivity contribution in [3.63, 3.8) is 0 Å². The molecular weight excluding hydrogens is 234 g/mol. The van der Waals surface area contributed by atoms with Gasteiger partial charge in [0.05, 0.1) is 5.69 Å². The van der Waals surface area contributed by atoms with Gasteiger partial charge in [0.15, 0.2) is 0 Å². The normalized spacial score (nSPS) is 39.7. The van der Waals surface area contributed by atoms with Crippen LogP contribution in [-0.2, 0) is 11.8 Å². The molecule has 0 saturated heterocycles. The summed E-state index contributed by atoms with van der Waals surface area (Å²) in [6.45, 7) is 2.21. The standard InChI is InChI=1S/C16H23N3/c1-2-13-9-18-15(17)19-14(13)16-6-10-3-11(7-16)5-12(4-10)8-16/h9-12H,2-8H2,1H3,(H2,17,18,19). The Morgan fingerprint density at radius 3 is 2.26 bits per heavy atom. The fourth-order valence-electron chi connectivity index (χ4n) is 5.54. The summed E-state index contributed by atoms with van der Waals surface area (Å²) in [7, 11) is 0. The first-order chi connectivity index (χ1) is 9.18. The van der Waals surface area contributed by atoms with Gasteiger partial charge in [-0.25, -0.2) is 9.97 Å². The van der Waals surface area contributed by atoms with Crippen molar-refractivity contribution in [1.29, 1.82) is 0 Å². The van der Waals surface area contributed by atoms with Crippen LogP contribution in [0.4, 0.5) is 5.95 Å². The molecular formula is C16H23N3. The molecule has 1 heterocycles. The van der Waals surface area contributed by atoms with Gasteiger partial charge < -0.3 is 5.73 Å². The van der Waals surface area contributed by atoms with Crippen LogP contribution in [0.3, 0.4) is 0 Å². The topological polar surface area (TPSA) is 51.8 Å². The highest BCUT2D eigenvalue weighted by molar-refractivity contribution is 5.33. The van der Waals surface area contributed by atoms with Crippen LogP contribution in [0.25, 0.3) is 0 Å². The zero-order chi connectivity index (χ0) is 13.0. The van der Waals surface area contributed by atoms with Crippen molar-refractivity contribution >= 4 is 5.95 Å². The lowest BCUT2D eigenvalue weighted by Gasteiger charge is -2.56. The van der Waals surface area contributed by atoms with Gasteiger partial charge >= 0.3 is 0 Å². The van der Waals surface area contributed by atoms with E-state index in [0.29, 0.717) is 11.4 Å². The number of aryl methyl sites for hydroxylation is 1. The Bertz CT molecular complexity index is 473. The molecule has 102 valence electrons. The monoisotopic (exact) mass is 257 g/mol. The fourth-order valence-corrected chi connectivity index (χ4v) is 5.54. The molecule has 3 heteroatoms. The van der Waals surface area contributed by atoms with Crippen LogP contribution in [0.1, 0.15) is 56.7 Å². The Hall–Kier alpha value is -1.12. The lowest BCUT2D eigenvalue weighted by Crippen LogP contribution is -2.49. The molecule has 0 amide bonds. The summed E-state index contributed by atoms with van der Waals surface area (Å²) in [5.41, 5.74) is 8.86. The molecule has 4 fully saturated rings. The second kappa shape index (κ2) is 3.94. The largest absolute Gasteiger partial charge is 0.368 e. The molecule has 3 nitrogen and oxygen atoms in total. The predicted octanol–water partition coefficient (Wildman–Crippen LogP) is 3.09.